The first-order chi connectivity index (χ1) is 17.7. The quantitative estimate of drug-likeness (QED) is 0.386. The van der Waals surface area contributed by atoms with Gasteiger partial charge in [-0.1, -0.05) is 43.0 Å². The molecule has 2 aromatic rings. The van der Waals surface area contributed by atoms with E-state index in [0.717, 1.165) is 6.07 Å². The summed E-state index contributed by atoms with van der Waals surface area (Å²) in [6.45, 7) is 2.09. The molecule has 0 amide bonds. The fraction of sp³-hybridized carbons (Fsp3) is 0.462. The van der Waals surface area contributed by atoms with Crippen LogP contribution in [-0.4, -0.2) is 57.4 Å². The highest BCUT2D eigenvalue weighted by atomic mass is 32.2. The number of methoxy groups -OCH3 is 1. The van der Waals surface area contributed by atoms with Crippen LogP contribution in [-0.2, 0) is 20.2 Å². The van der Waals surface area contributed by atoms with Gasteiger partial charge < -0.3 is 14.7 Å². The summed E-state index contributed by atoms with van der Waals surface area (Å²) in [5, 5.41) is 9.18. The molecule has 1 fully saturated rings. The van der Waals surface area contributed by atoms with E-state index in [1.54, 1.807) is 30.0 Å². The maximum Gasteiger partial charge on any atom is 0.430 e. The summed E-state index contributed by atoms with van der Waals surface area (Å²) >= 11 is 0. The van der Waals surface area contributed by atoms with Crippen LogP contribution in [0.4, 0.5) is 32.0 Å². The lowest BCUT2D eigenvalue weighted by Gasteiger charge is -2.35. The summed E-state index contributed by atoms with van der Waals surface area (Å²) in [6, 6.07) is 10.1. The van der Waals surface area contributed by atoms with Gasteiger partial charge in [-0.15, -0.1) is 0 Å². The number of ether oxygens (including phenoxy) is 1. The SMILES string of the molecule is CC[C@@H](C#Cc1cc(C(O)(C(F)(F)F)C(F)(F)F)ccc1N1CCC(S(=O)(=O)c2ccccc2)CC1)OC. The Morgan fingerprint density at radius 1 is 1.03 bits per heavy atom. The molecule has 1 N–H and O–H groups in total. The normalized spacial score (nSPS) is 16.6. The third-order valence-electron chi connectivity index (χ3n) is 6.55. The van der Waals surface area contributed by atoms with Crippen LogP contribution in [0.15, 0.2) is 53.4 Å². The standard InChI is InChI=1S/C26H27F6NO4S/c1-3-20(37-2)11-9-18-17-19(24(34,25(27,28)29)26(30,31)32)10-12-23(18)33-15-13-22(14-16-33)38(35,36)21-7-5-4-6-8-21/h4-8,10,12,17,20,22,34H,3,13-16H2,1-2H3/t20-/m0/s1. The first-order valence-electron chi connectivity index (χ1n) is 11.7. The summed E-state index contributed by atoms with van der Waals surface area (Å²) in [5.41, 5.74) is -6.46. The molecule has 0 saturated carbocycles. The number of sulfone groups is 1. The van der Waals surface area contributed by atoms with Gasteiger partial charge in [-0.25, -0.2) is 8.42 Å². The van der Waals surface area contributed by atoms with Gasteiger partial charge in [-0.05, 0) is 43.5 Å². The van der Waals surface area contributed by atoms with Gasteiger partial charge in [0, 0.05) is 31.3 Å². The van der Waals surface area contributed by atoms with Gasteiger partial charge in [0.1, 0.15) is 6.10 Å². The van der Waals surface area contributed by atoms with Crippen molar-refractivity contribution >= 4 is 15.5 Å². The summed E-state index contributed by atoms with van der Waals surface area (Å²) in [6.07, 6.45) is -11.9. The molecule has 1 saturated heterocycles. The third kappa shape index (κ3) is 5.80. The lowest BCUT2D eigenvalue weighted by atomic mass is 9.90. The van der Waals surface area contributed by atoms with Crippen LogP contribution in [0, 0.1) is 11.8 Å². The van der Waals surface area contributed by atoms with E-state index >= 15 is 0 Å². The van der Waals surface area contributed by atoms with Crippen LogP contribution in [0.2, 0.25) is 0 Å². The van der Waals surface area contributed by atoms with Crippen molar-refractivity contribution in [3.63, 3.8) is 0 Å². The number of alkyl halides is 6. The fourth-order valence-electron chi connectivity index (χ4n) is 4.32. The van der Waals surface area contributed by atoms with E-state index in [0.29, 0.717) is 18.6 Å². The van der Waals surface area contributed by atoms with Crippen LogP contribution in [0.1, 0.15) is 37.3 Å². The lowest BCUT2D eigenvalue weighted by molar-refractivity contribution is -0.376. The Hall–Kier alpha value is -2.75. The number of rotatable bonds is 6. The second-order valence-corrected chi connectivity index (χ2v) is 11.1. The van der Waals surface area contributed by atoms with Crippen molar-refractivity contribution in [1.82, 2.24) is 0 Å². The molecule has 1 heterocycles. The number of anilines is 1. The second kappa shape index (κ2) is 11.2. The van der Waals surface area contributed by atoms with Crippen molar-refractivity contribution in [2.45, 2.75) is 60.4 Å². The highest BCUT2D eigenvalue weighted by Gasteiger charge is 2.71. The third-order valence-corrected chi connectivity index (χ3v) is 8.83. The topological polar surface area (TPSA) is 66.8 Å². The zero-order chi connectivity index (χ0) is 28.4. The van der Waals surface area contributed by atoms with Gasteiger partial charge >= 0.3 is 12.4 Å². The van der Waals surface area contributed by atoms with E-state index < -0.39 is 44.7 Å². The van der Waals surface area contributed by atoms with Crippen molar-refractivity contribution in [2.75, 3.05) is 25.1 Å². The van der Waals surface area contributed by atoms with Crippen LogP contribution in [0.25, 0.3) is 0 Å². The first kappa shape index (κ1) is 29.8. The largest absolute Gasteiger partial charge is 0.430 e. The van der Waals surface area contributed by atoms with E-state index in [4.69, 9.17) is 4.74 Å². The summed E-state index contributed by atoms with van der Waals surface area (Å²) < 4.78 is 112. The number of halogens is 6. The summed E-state index contributed by atoms with van der Waals surface area (Å²) in [4.78, 5) is 1.84. The zero-order valence-electron chi connectivity index (χ0n) is 20.6. The Morgan fingerprint density at radius 2 is 1.61 bits per heavy atom. The number of aliphatic hydroxyl groups is 1. The number of nitrogens with zero attached hydrogens (tertiary/aromatic N) is 1. The maximum atomic E-state index is 13.5. The molecule has 1 atom stereocenters. The van der Waals surface area contributed by atoms with Crippen molar-refractivity contribution < 1.29 is 44.6 Å². The maximum absolute atomic E-state index is 13.5. The molecule has 208 valence electrons. The molecule has 38 heavy (non-hydrogen) atoms. The fourth-order valence-corrected chi connectivity index (χ4v) is 6.07. The molecule has 0 radical (unpaired) electrons. The van der Waals surface area contributed by atoms with Crippen molar-refractivity contribution in [3.8, 4) is 11.8 Å². The van der Waals surface area contributed by atoms with Crippen LogP contribution in [0.3, 0.4) is 0 Å². The van der Waals surface area contributed by atoms with Gasteiger partial charge in [0.25, 0.3) is 5.60 Å². The number of benzene rings is 2. The summed E-state index contributed by atoms with van der Waals surface area (Å²) in [7, 11) is -2.25. The predicted molar refractivity (Wildman–Crippen MR) is 129 cm³/mol. The van der Waals surface area contributed by atoms with Crippen molar-refractivity contribution in [2.24, 2.45) is 0 Å². The second-order valence-electron chi connectivity index (χ2n) is 8.88. The monoisotopic (exact) mass is 563 g/mol. The van der Waals surface area contributed by atoms with E-state index in [2.05, 4.69) is 11.8 Å². The number of hydrogen-bond acceptors (Lipinski definition) is 5. The molecule has 12 heteroatoms. The van der Waals surface area contributed by atoms with Gasteiger partial charge in [0.05, 0.1) is 15.8 Å². The molecule has 2 aromatic carbocycles. The smallest absolute Gasteiger partial charge is 0.370 e. The van der Waals surface area contributed by atoms with Gasteiger partial charge in [-0.2, -0.15) is 26.3 Å². The Bertz CT molecular complexity index is 1260. The van der Waals surface area contributed by atoms with Crippen LogP contribution in [0.5, 0.6) is 0 Å². The molecule has 0 bridgehead atoms. The van der Waals surface area contributed by atoms with Crippen LogP contribution < -0.4 is 4.90 Å². The molecule has 1 aliphatic heterocycles. The minimum absolute atomic E-state index is 0.172. The Kier molecular flexibility index (Phi) is 8.75. The van der Waals surface area contributed by atoms with E-state index in [-0.39, 0.29) is 42.1 Å². The van der Waals surface area contributed by atoms with E-state index in [1.807, 2.05) is 0 Å². The Morgan fingerprint density at radius 3 is 2.11 bits per heavy atom. The molecule has 0 aromatic heterocycles. The number of piperidine rings is 1. The molecule has 3 rings (SSSR count). The molecule has 0 unspecified atom stereocenters. The molecule has 0 aliphatic carbocycles. The highest BCUT2D eigenvalue weighted by molar-refractivity contribution is 7.92. The Labute approximate surface area is 217 Å². The van der Waals surface area contributed by atoms with Gasteiger partial charge in [0.2, 0.25) is 0 Å². The van der Waals surface area contributed by atoms with Crippen molar-refractivity contribution in [1.29, 1.82) is 0 Å². The molecule has 5 nitrogen and oxygen atoms in total. The highest BCUT2D eigenvalue weighted by Crippen LogP contribution is 2.50. The number of hydrogen-bond donors (Lipinski definition) is 1. The zero-order valence-corrected chi connectivity index (χ0v) is 21.4. The van der Waals surface area contributed by atoms with Gasteiger partial charge in [-0.3, -0.25) is 0 Å². The molecular formula is C26H27F6NO4S. The average Bonchev–Trinajstić information content (AvgIpc) is 2.88. The molecular weight excluding hydrogens is 536 g/mol. The van der Waals surface area contributed by atoms with Crippen LogP contribution >= 0.6 is 0 Å². The molecule has 1 aliphatic rings. The predicted octanol–water partition coefficient (Wildman–Crippen LogP) is 5.22. The Balaban J connectivity index is 2.00. The lowest BCUT2D eigenvalue weighted by Crippen LogP contribution is -2.54. The van der Waals surface area contributed by atoms with Gasteiger partial charge in [0.15, 0.2) is 9.84 Å². The van der Waals surface area contributed by atoms with E-state index in [1.165, 1.54) is 19.2 Å². The van der Waals surface area contributed by atoms with E-state index in [9.17, 15) is 39.9 Å². The van der Waals surface area contributed by atoms with Crippen molar-refractivity contribution in [3.05, 3.63) is 59.7 Å². The summed E-state index contributed by atoms with van der Waals surface area (Å²) in [5.74, 6) is 5.30. The minimum atomic E-state index is -6.04. The molecule has 0 spiro atoms. The average molecular weight is 564 g/mol. The minimum Gasteiger partial charge on any atom is -0.370 e. The first-order valence-corrected chi connectivity index (χ1v) is 13.3.